The van der Waals surface area contributed by atoms with E-state index < -0.39 is 5.41 Å². The lowest BCUT2D eigenvalue weighted by Gasteiger charge is -2.17. The van der Waals surface area contributed by atoms with Crippen LogP contribution in [-0.4, -0.2) is 18.0 Å². The van der Waals surface area contributed by atoms with E-state index >= 15 is 0 Å². The molecule has 0 atom stereocenters. The molecule has 3 nitrogen and oxygen atoms in total. The molecular weight excluding hydrogens is 192 g/mol. The van der Waals surface area contributed by atoms with Crippen molar-refractivity contribution in [2.75, 3.05) is 7.11 Å². The van der Waals surface area contributed by atoms with Crippen molar-refractivity contribution in [2.24, 2.45) is 5.41 Å². The van der Waals surface area contributed by atoms with Crippen LogP contribution in [0, 0.1) is 5.41 Å². The second kappa shape index (κ2) is 3.93. The molecule has 0 unspecified atom stereocenters. The first kappa shape index (κ1) is 11.6. The van der Waals surface area contributed by atoms with E-state index in [0.29, 0.717) is 11.3 Å². The van der Waals surface area contributed by atoms with Gasteiger partial charge in [0.05, 0.1) is 12.7 Å². The molecule has 0 heterocycles. The zero-order valence-corrected chi connectivity index (χ0v) is 9.50. The number of hydrogen-bond donors (Lipinski definition) is 1. The monoisotopic (exact) mass is 208 g/mol. The van der Waals surface area contributed by atoms with Gasteiger partial charge in [-0.25, -0.2) is 0 Å². The van der Waals surface area contributed by atoms with Crippen molar-refractivity contribution in [2.45, 2.75) is 20.8 Å². The largest absolute Gasteiger partial charge is 0.507 e. The van der Waals surface area contributed by atoms with E-state index in [4.69, 9.17) is 4.74 Å². The second-order valence-electron chi connectivity index (χ2n) is 4.46. The smallest absolute Gasteiger partial charge is 0.172 e. The van der Waals surface area contributed by atoms with Crippen molar-refractivity contribution >= 4 is 5.78 Å². The number of phenolic OH excluding ortho intramolecular Hbond substituents is 1. The van der Waals surface area contributed by atoms with Gasteiger partial charge in [-0.3, -0.25) is 4.79 Å². The summed E-state index contributed by atoms with van der Waals surface area (Å²) in [4.78, 5) is 11.9. The highest BCUT2D eigenvalue weighted by atomic mass is 16.5. The third-order valence-corrected chi connectivity index (χ3v) is 2.13. The number of carbonyl (C=O) groups excluding carboxylic acids is 1. The van der Waals surface area contributed by atoms with Crippen LogP contribution in [0.3, 0.4) is 0 Å². The summed E-state index contributed by atoms with van der Waals surface area (Å²) in [5, 5.41) is 9.59. The number of ether oxygens (including phenoxy) is 1. The van der Waals surface area contributed by atoms with Crippen LogP contribution in [0.1, 0.15) is 31.1 Å². The van der Waals surface area contributed by atoms with Gasteiger partial charge in [0.2, 0.25) is 0 Å². The number of aromatic hydroxyl groups is 1. The van der Waals surface area contributed by atoms with Gasteiger partial charge in [-0.05, 0) is 18.2 Å². The highest BCUT2D eigenvalue weighted by Gasteiger charge is 2.25. The first-order valence-corrected chi connectivity index (χ1v) is 4.78. The van der Waals surface area contributed by atoms with E-state index in [1.54, 1.807) is 12.1 Å². The van der Waals surface area contributed by atoms with Crippen molar-refractivity contribution in [1.29, 1.82) is 0 Å². The Morgan fingerprint density at radius 2 is 1.93 bits per heavy atom. The van der Waals surface area contributed by atoms with Crippen LogP contribution in [0.4, 0.5) is 0 Å². The molecule has 1 aromatic rings. The van der Waals surface area contributed by atoms with Gasteiger partial charge in [-0.1, -0.05) is 20.8 Å². The lowest BCUT2D eigenvalue weighted by molar-refractivity contribution is 0.0855. The maximum Gasteiger partial charge on any atom is 0.172 e. The Morgan fingerprint density at radius 3 is 2.40 bits per heavy atom. The molecule has 0 aliphatic heterocycles. The fraction of sp³-hybridized carbons (Fsp3) is 0.417. The molecule has 3 heteroatoms. The quantitative estimate of drug-likeness (QED) is 0.760. The fourth-order valence-corrected chi connectivity index (χ4v) is 1.23. The SMILES string of the molecule is COc1ccc(O)c(C(=O)C(C)(C)C)c1. The molecule has 0 saturated heterocycles. The molecule has 1 rings (SSSR count). The third kappa shape index (κ3) is 2.49. The van der Waals surface area contributed by atoms with Crippen LogP contribution in [0.2, 0.25) is 0 Å². The normalized spacial score (nSPS) is 11.2. The molecule has 0 aliphatic rings. The molecule has 0 radical (unpaired) electrons. The molecular formula is C12H16O3. The predicted molar refractivity (Wildman–Crippen MR) is 58.4 cm³/mol. The Labute approximate surface area is 89.7 Å². The summed E-state index contributed by atoms with van der Waals surface area (Å²) < 4.78 is 5.01. The van der Waals surface area contributed by atoms with Crippen LogP contribution in [0.5, 0.6) is 11.5 Å². The van der Waals surface area contributed by atoms with Gasteiger partial charge in [0.25, 0.3) is 0 Å². The van der Waals surface area contributed by atoms with Crippen molar-refractivity contribution in [3.63, 3.8) is 0 Å². The van der Waals surface area contributed by atoms with Crippen LogP contribution >= 0.6 is 0 Å². The molecule has 0 spiro atoms. The maximum atomic E-state index is 11.9. The van der Waals surface area contributed by atoms with Gasteiger partial charge < -0.3 is 9.84 Å². The van der Waals surface area contributed by atoms with Crippen molar-refractivity contribution in [1.82, 2.24) is 0 Å². The Bertz CT molecular complexity index is 375. The summed E-state index contributed by atoms with van der Waals surface area (Å²) in [6.07, 6.45) is 0. The average molecular weight is 208 g/mol. The summed E-state index contributed by atoms with van der Waals surface area (Å²) in [6, 6.07) is 4.65. The van der Waals surface area contributed by atoms with E-state index in [1.807, 2.05) is 20.8 Å². The highest BCUT2D eigenvalue weighted by molar-refractivity contribution is 6.02. The lowest BCUT2D eigenvalue weighted by atomic mass is 9.86. The van der Waals surface area contributed by atoms with Crippen LogP contribution in [0.25, 0.3) is 0 Å². The number of carbonyl (C=O) groups is 1. The van der Waals surface area contributed by atoms with Crippen LogP contribution in [0.15, 0.2) is 18.2 Å². The zero-order valence-electron chi connectivity index (χ0n) is 9.50. The third-order valence-electron chi connectivity index (χ3n) is 2.13. The van der Waals surface area contributed by atoms with E-state index in [9.17, 15) is 9.90 Å². The fourth-order valence-electron chi connectivity index (χ4n) is 1.23. The van der Waals surface area contributed by atoms with Gasteiger partial charge in [-0.2, -0.15) is 0 Å². The molecule has 0 fully saturated rings. The molecule has 82 valence electrons. The van der Waals surface area contributed by atoms with E-state index in [0.717, 1.165) is 0 Å². The molecule has 0 amide bonds. The van der Waals surface area contributed by atoms with Gasteiger partial charge in [0, 0.05) is 5.41 Å². The van der Waals surface area contributed by atoms with Gasteiger partial charge in [-0.15, -0.1) is 0 Å². The summed E-state index contributed by atoms with van der Waals surface area (Å²) >= 11 is 0. The first-order chi connectivity index (χ1) is 6.86. The minimum Gasteiger partial charge on any atom is -0.507 e. The topological polar surface area (TPSA) is 46.5 Å². The summed E-state index contributed by atoms with van der Waals surface area (Å²) in [6.45, 7) is 5.44. The number of benzene rings is 1. The number of methoxy groups -OCH3 is 1. The maximum absolute atomic E-state index is 11.9. The number of ketones is 1. The van der Waals surface area contributed by atoms with E-state index in [2.05, 4.69) is 0 Å². The predicted octanol–water partition coefficient (Wildman–Crippen LogP) is 2.63. The Morgan fingerprint density at radius 1 is 1.33 bits per heavy atom. The number of Topliss-reactive ketones (excluding diaryl/α,β-unsaturated/α-hetero) is 1. The minimum absolute atomic E-state index is 0.00396. The molecule has 0 bridgehead atoms. The molecule has 0 aliphatic carbocycles. The Balaban J connectivity index is 3.19. The van der Waals surface area contributed by atoms with E-state index in [1.165, 1.54) is 13.2 Å². The van der Waals surface area contributed by atoms with E-state index in [-0.39, 0.29) is 11.5 Å². The van der Waals surface area contributed by atoms with Gasteiger partial charge >= 0.3 is 0 Å². The molecule has 15 heavy (non-hydrogen) atoms. The van der Waals surface area contributed by atoms with Crippen molar-refractivity contribution in [3.8, 4) is 11.5 Å². The second-order valence-corrected chi connectivity index (χ2v) is 4.46. The average Bonchev–Trinajstić information content (AvgIpc) is 2.16. The van der Waals surface area contributed by atoms with Gasteiger partial charge in [0.15, 0.2) is 5.78 Å². The number of rotatable bonds is 2. The van der Waals surface area contributed by atoms with Crippen molar-refractivity contribution in [3.05, 3.63) is 23.8 Å². The number of hydrogen-bond acceptors (Lipinski definition) is 3. The first-order valence-electron chi connectivity index (χ1n) is 4.78. The van der Waals surface area contributed by atoms with Crippen LogP contribution < -0.4 is 4.74 Å². The summed E-state index contributed by atoms with van der Waals surface area (Å²) in [7, 11) is 1.53. The molecule has 1 aromatic carbocycles. The Hall–Kier alpha value is -1.51. The van der Waals surface area contributed by atoms with Crippen LogP contribution in [-0.2, 0) is 0 Å². The number of phenols is 1. The Kier molecular flexibility index (Phi) is 3.03. The van der Waals surface area contributed by atoms with Gasteiger partial charge in [0.1, 0.15) is 11.5 Å². The minimum atomic E-state index is -0.510. The zero-order chi connectivity index (χ0) is 11.6. The molecule has 1 N–H and O–H groups in total. The molecule has 0 saturated carbocycles. The summed E-state index contributed by atoms with van der Waals surface area (Å²) in [5.41, 5.74) is -0.203. The van der Waals surface area contributed by atoms with Crippen molar-refractivity contribution < 1.29 is 14.6 Å². The standard InChI is InChI=1S/C12H16O3/c1-12(2,3)11(14)9-7-8(15-4)5-6-10(9)13/h5-7,13H,1-4H3. The molecule has 0 aromatic heterocycles. The lowest BCUT2D eigenvalue weighted by Crippen LogP contribution is -2.20. The summed E-state index contributed by atoms with van der Waals surface area (Å²) in [5.74, 6) is 0.468. The highest BCUT2D eigenvalue weighted by Crippen LogP contribution is 2.29.